The maximum Gasteiger partial charge on any atom is 0.118 e. The first-order valence-corrected chi connectivity index (χ1v) is 5.72. The van der Waals surface area contributed by atoms with E-state index in [9.17, 15) is 0 Å². The number of amidine groups is 1. The summed E-state index contributed by atoms with van der Waals surface area (Å²) < 4.78 is 0. The van der Waals surface area contributed by atoms with Gasteiger partial charge in [0.05, 0.1) is 5.69 Å². The maximum absolute atomic E-state index is 4.59. The first-order chi connectivity index (χ1) is 7.55. The van der Waals surface area contributed by atoms with Crippen molar-refractivity contribution in [2.24, 2.45) is 4.99 Å². The molecule has 0 aliphatic carbocycles. The molecule has 0 radical (unpaired) electrons. The molecule has 3 nitrogen and oxygen atoms in total. The lowest BCUT2D eigenvalue weighted by molar-refractivity contribution is 0.128. The summed E-state index contributed by atoms with van der Waals surface area (Å²) in [5.74, 6) is 1.06. The number of rotatable bonds is 1. The summed E-state index contributed by atoms with van der Waals surface area (Å²) in [6.45, 7) is 7.62. The zero-order valence-corrected chi connectivity index (χ0v) is 10.2. The first-order valence-electron chi connectivity index (χ1n) is 5.72. The molecule has 0 saturated carbocycles. The highest BCUT2D eigenvalue weighted by molar-refractivity contribution is 5.86. The van der Waals surface area contributed by atoms with Gasteiger partial charge in [-0.05, 0) is 32.9 Å². The lowest BCUT2D eigenvalue weighted by atomic mass is 10.1. The van der Waals surface area contributed by atoms with Crippen LogP contribution in [0.3, 0.4) is 0 Å². The molecule has 1 aromatic rings. The van der Waals surface area contributed by atoms with Crippen LogP contribution in [0.25, 0.3) is 0 Å². The average Bonchev–Trinajstić information content (AvgIpc) is 2.67. The molecule has 1 N–H and O–H groups in total. The molecule has 3 heteroatoms. The van der Waals surface area contributed by atoms with Crippen LogP contribution < -0.4 is 5.43 Å². The minimum Gasteiger partial charge on any atom is -0.306 e. The summed E-state index contributed by atoms with van der Waals surface area (Å²) in [6, 6.07) is 10.1. The second-order valence-electron chi connectivity index (χ2n) is 5.08. The molecule has 0 unspecified atom stereocenters. The number of nitrogens with one attached hydrogen (secondary N) is 1. The average molecular weight is 217 g/mol. The van der Waals surface area contributed by atoms with Gasteiger partial charge in [0.15, 0.2) is 0 Å². The zero-order chi connectivity index (χ0) is 11.6. The SMILES string of the molecule is CC(C)(C)N1CCC(=Nc2ccccc2)N1. The molecule has 1 aliphatic rings. The van der Waals surface area contributed by atoms with E-state index >= 15 is 0 Å². The minimum absolute atomic E-state index is 0.147. The molecule has 1 fully saturated rings. The second-order valence-corrected chi connectivity index (χ2v) is 5.08. The molecule has 16 heavy (non-hydrogen) atoms. The lowest BCUT2D eigenvalue weighted by Gasteiger charge is -2.30. The zero-order valence-electron chi connectivity index (χ0n) is 10.2. The standard InChI is InChI=1S/C13H19N3/c1-13(2,3)16-10-9-12(15-16)14-11-7-5-4-6-8-11/h4-8H,9-10H2,1-3H3,(H,14,15). The minimum atomic E-state index is 0.147. The van der Waals surface area contributed by atoms with Crippen molar-refractivity contribution in [1.82, 2.24) is 10.4 Å². The molecule has 0 aromatic heterocycles. The summed E-state index contributed by atoms with van der Waals surface area (Å²) in [7, 11) is 0. The summed E-state index contributed by atoms with van der Waals surface area (Å²) in [5, 5.41) is 2.23. The largest absolute Gasteiger partial charge is 0.306 e. The third kappa shape index (κ3) is 2.61. The molecule has 1 aromatic carbocycles. The Bertz CT molecular complexity index is 376. The number of hydrazine groups is 1. The van der Waals surface area contributed by atoms with Crippen molar-refractivity contribution in [2.75, 3.05) is 6.54 Å². The fourth-order valence-electron chi connectivity index (χ4n) is 1.73. The monoisotopic (exact) mass is 217 g/mol. The van der Waals surface area contributed by atoms with Crippen LogP contribution in [0.1, 0.15) is 27.2 Å². The number of hydrogen-bond donors (Lipinski definition) is 1. The van der Waals surface area contributed by atoms with E-state index < -0.39 is 0 Å². The van der Waals surface area contributed by atoms with Gasteiger partial charge in [-0.3, -0.25) is 0 Å². The predicted molar refractivity (Wildman–Crippen MR) is 67.7 cm³/mol. The van der Waals surface area contributed by atoms with Gasteiger partial charge in [-0.2, -0.15) is 0 Å². The van der Waals surface area contributed by atoms with E-state index in [0.29, 0.717) is 0 Å². The van der Waals surface area contributed by atoms with E-state index in [1.54, 1.807) is 0 Å². The van der Waals surface area contributed by atoms with Gasteiger partial charge >= 0.3 is 0 Å². The summed E-state index contributed by atoms with van der Waals surface area (Å²) in [6.07, 6.45) is 0.992. The van der Waals surface area contributed by atoms with E-state index in [1.807, 2.05) is 30.3 Å². The number of para-hydroxylation sites is 1. The van der Waals surface area contributed by atoms with Crippen molar-refractivity contribution in [1.29, 1.82) is 0 Å². The summed E-state index contributed by atoms with van der Waals surface area (Å²) in [5.41, 5.74) is 4.52. The molecule has 1 heterocycles. The van der Waals surface area contributed by atoms with Crippen molar-refractivity contribution in [3.05, 3.63) is 30.3 Å². The van der Waals surface area contributed by atoms with Crippen LogP contribution in [0.2, 0.25) is 0 Å². The number of benzene rings is 1. The topological polar surface area (TPSA) is 27.6 Å². The molecule has 1 aliphatic heterocycles. The Morgan fingerprint density at radius 1 is 1.19 bits per heavy atom. The first kappa shape index (κ1) is 11.1. The molecule has 0 bridgehead atoms. The van der Waals surface area contributed by atoms with Crippen molar-refractivity contribution < 1.29 is 0 Å². The molecule has 0 atom stereocenters. The lowest BCUT2D eigenvalue weighted by Crippen LogP contribution is -2.46. The van der Waals surface area contributed by atoms with Crippen LogP contribution >= 0.6 is 0 Å². The van der Waals surface area contributed by atoms with Gasteiger partial charge in [0, 0.05) is 18.5 Å². The van der Waals surface area contributed by atoms with Crippen LogP contribution in [0.4, 0.5) is 5.69 Å². The van der Waals surface area contributed by atoms with Crippen LogP contribution in [0.15, 0.2) is 35.3 Å². The molecule has 1 saturated heterocycles. The van der Waals surface area contributed by atoms with Gasteiger partial charge in [0.1, 0.15) is 5.84 Å². The van der Waals surface area contributed by atoms with Crippen molar-refractivity contribution in [3.63, 3.8) is 0 Å². The van der Waals surface area contributed by atoms with E-state index in [1.165, 1.54) is 0 Å². The summed E-state index contributed by atoms with van der Waals surface area (Å²) in [4.78, 5) is 4.59. The molecule has 86 valence electrons. The Hall–Kier alpha value is -1.35. The van der Waals surface area contributed by atoms with E-state index in [-0.39, 0.29) is 5.54 Å². The Balaban J connectivity index is 2.07. The maximum atomic E-state index is 4.59. The highest BCUT2D eigenvalue weighted by atomic mass is 15.6. The Kier molecular flexibility index (Phi) is 2.97. The predicted octanol–water partition coefficient (Wildman–Crippen LogP) is 2.73. The van der Waals surface area contributed by atoms with Crippen LogP contribution in [0, 0.1) is 0 Å². The summed E-state index contributed by atoms with van der Waals surface area (Å²) >= 11 is 0. The van der Waals surface area contributed by atoms with Gasteiger partial charge < -0.3 is 5.43 Å². The smallest absolute Gasteiger partial charge is 0.118 e. The van der Waals surface area contributed by atoms with E-state index in [4.69, 9.17) is 0 Å². The molecular weight excluding hydrogens is 198 g/mol. The third-order valence-corrected chi connectivity index (χ3v) is 2.67. The van der Waals surface area contributed by atoms with E-state index in [2.05, 4.69) is 36.2 Å². The Morgan fingerprint density at radius 2 is 1.88 bits per heavy atom. The third-order valence-electron chi connectivity index (χ3n) is 2.67. The van der Waals surface area contributed by atoms with Crippen molar-refractivity contribution in [3.8, 4) is 0 Å². The van der Waals surface area contributed by atoms with Gasteiger partial charge in [0.25, 0.3) is 0 Å². The highest BCUT2D eigenvalue weighted by Gasteiger charge is 2.27. The van der Waals surface area contributed by atoms with Crippen LogP contribution in [-0.2, 0) is 0 Å². The molecular formula is C13H19N3. The number of hydrogen-bond acceptors (Lipinski definition) is 2. The number of aliphatic imine (C=N–C) groups is 1. The Labute approximate surface area is 97.2 Å². The van der Waals surface area contributed by atoms with Gasteiger partial charge in [-0.15, -0.1) is 0 Å². The normalized spacial score (nSPS) is 20.1. The van der Waals surface area contributed by atoms with Gasteiger partial charge in [-0.1, -0.05) is 18.2 Å². The fraction of sp³-hybridized carbons (Fsp3) is 0.462. The van der Waals surface area contributed by atoms with Gasteiger partial charge in [-0.25, -0.2) is 10.0 Å². The van der Waals surface area contributed by atoms with E-state index in [0.717, 1.165) is 24.5 Å². The molecule has 0 spiro atoms. The fourth-order valence-corrected chi connectivity index (χ4v) is 1.73. The second kappa shape index (κ2) is 4.26. The number of nitrogens with zero attached hydrogens (tertiary/aromatic N) is 2. The molecule has 2 rings (SSSR count). The van der Waals surface area contributed by atoms with Crippen LogP contribution in [0.5, 0.6) is 0 Å². The van der Waals surface area contributed by atoms with Crippen LogP contribution in [-0.4, -0.2) is 22.9 Å². The quantitative estimate of drug-likeness (QED) is 0.783. The highest BCUT2D eigenvalue weighted by Crippen LogP contribution is 2.17. The molecule has 0 amide bonds. The Morgan fingerprint density at radius 3 is 2.44 bits per heavy atom. The van der Waals surface area contributed by atoms with Crippen molar-refractivity contribution >= 4 is 11.5 Å². The van der Waals surface area contributed by atoms with Gasteiger partial charge in [0.2, 0.25) is 0 Å². The van der Waals surface area contributed by atoms with Crippen molar-refractivity contribution in [2.45, 2.75) is 32.7 Å².